The summed E-state index contributed by atoms with van der Waals surface area (Å²) in [5, 5.41) is 10.1. The third-order valence-corrected chi connectivity index (χ3v) is 2.32. The van der Waals surface area contributed by atoms with Crippen molar-refractivity contribution < 1.29 is 4.92 Å². The van der Waals surface area contributed by atoms with Gasteiger partial charge in [0.05, 0.1) is 10.6 Å². The number of H-pyrrole nitrogens is 2. The van der Waals surface area contributed by atoms with Gasteiger partial charge in [-0.15, -0.1) is 0 Å². The van der Waals surface area contributed by atoms with Crippen LogP contribution in [0.4, 0.5) is 11.4 Å². The second-order valence-electron chi connectivity index (χ2n) is 4.04. The van der Waals surface area contributed by atoms with Crippen LogP contribution >= 0.6 is 0 Å². The van der Waals surface area contributed by atoms with E-state index in [2.05, 4.69) is 9.97 Å². The van der Waals surface area contributed by atoms with E-state index >= 15 is 0 Å². The summed E-state index contributed by atoms with van der Waals surface area (Å²) in [7, 11) is 0. The molecule has 0 saturated heterocycles. The quantitative estimate of drug-likeness (QED) is 0.525. The molecule has 0 saturated carbocycles. The van der Waals surface area contributed by atoms with Crippen LogP contribution in [0.2, 0.25) is 0 Å². The van der Waals surface area contributed by atoms with Gasteiger partial charge < -0.3 is 15.7 Å². The number of pyridine rings is 2. The first-order chi connectivity index (χ1) is 9.31. The molecular weight excluding hydrogens is 264 g/mol. The van der Waals surface area contributed by atoms with Crippen LogP contribution in [0.5, 0.6) is 0 Å². The number of nitrogens with zero attached hydrogens (tertiary/aromatic N) is 1. The van der Waals surface area contributed by atoms with Gasteiger partial charge in [-0.05, 0) is 32.0 Å². The summed E-state index contributed by atoms with van der Waals surface area (Å²) in [5.41, 5.74) is 5.66. The highest BCUT2D eigenvalue weighted by Crippen LogP contribution is 2.01. The number of nitrogens with one attached hydrogen (secondary N) is 2. The van der Waals surface area contributed by atoms with Crippen molar-refractivity contribution in [3.63, 3.8) is 0 Å². The molecule has 2 rings (SSSR count). The molecule has 0 fully saturated rings. The first-order valence-corrected chi connectivity index (χ1v) is 5.61. The Labute approximate surface area is 113 Å². The zero-order valence-electron chi connectivity index (χ0n) is 11.0. The molecule has 0 spiro atoms. The number of hydrogen-bond donors (Lipinski definition) is 3. The predicted octanol–water partition coefficient (Wildman–Crippen LogP) is 0.857. The molecule has 8 nitrogen and oxygen atoms in total. The van der Waals surface area contributed by atoms with Crippen molar-refractivity contribution in [2.24, 2.45) is 0 Å². The summed E-state index contributed by atoms with van der Waals surface area (Å²) in [6, 6.07) is 6.03. The van der Waals surface area contributed by atoms with Gasteiger partial charge in [0, 0.05) is 17.5 Å². The second kappa shape index (κ2) is 6.32. The minimum absolute atomic E-state index is 0.213. The van der Waals surface area contributed by atoms with Gasteiger partial charge in [0.15, 0.2) is 0 Å². The van der Waals surface area contributed by atoms with Crippen molar-refractivity contribution in [2.45, 2.75) is 13.8 Å². The maximum atomic E-state index is 10.8. The van der Waals surface area contributed by atoms with Gasteiger partial charge in [-0.3, -0.25) is 19.7 Å². The number of aromatic nitrogens is 2. The Morgan fingerprint density at radius 1 is 1.00 bits per heavy atom. The average Bonchev–Trinajstić information content (AvgIpc) is 2.34. The topological polar surface area (TPSA) is 135 Å². The molecule has 0 aliphatic rings. The standard InChI is InChI=1S/C6H6N2O3.C6H8N2O/c1-4-2-3-5(8(10)11)6(9)7-4;1-4-2-3-5(7)6(9)8-4/h2-3H,1H3,(H,7,9);2-3H,7H2,1H3,(H,8,9). The molecule has 8 heteroatoms. The number of aromatic amines is 2. The van der Waals surface area contributed by atoms with Crippen LogP contribution in [0, 0.1) is 24.0 Å². The van der Waals surface area contributed by atoms with Crippen LogP contribution in [0.25, 0.3) is 0 Å². The van der Waals surface area contributed by atoms with Crippen molar-refractivity contribution in [3.05, 3.63) is 66.5 Å². The van der Waals surface area contributed by atoms with E-state index in [0.717, 1.165) is 5.69 Å². The minimum atomic E-state index is -0.710. The third-order valence-electron chi connectivity index (χ3n) is 2.32. The Hall–Kier alpha value is -2.90. The van der Waals surface area contributed by atoms with E-state index in [4.69, 9.17) is 5.73 Å². The summed E-state index contributed by atoms with van der Waals surface area (Å²) in [6.07, 6.45) is 0. The monoisotopic (exact) mass is 278 g/mol. The Morgan fingerprint density at radius 3 is 1.90 bits per heavy atom. The normalized spacial score (nSPS) is 9.50. The molecule has 20 heavy (non-hydrogen) atoms. The number of nitro groups is 1. The van der Waals surface area contributed by atoms with Gasteiger partial charge in [-0.1, -0.05) is 0 Å². The van der Waals surface area contributed by atoms with Gasteiger partial charge in [-0.2, -0.15) is 0 Å². The molecule has 106 valence electrons. The van der Waals surface area contributed by atoms with E-state index in [-0.39, 0.29) is 11.2 Å². The van der Waals surface area contributed by atoms with Gasteiger partial charge in [0.2, 0.25) is 0 Å². The molecule has 0 aliphatic heterocycles. The van der Waals surface area contributed by atoms with E-state index in [9.17, 15) is 19.7 Å². The molecule has 2 heterocycles. The molecule has 4 N–H and O–H groups in total. The Balaban J connectivity index is 0.000000204. The minimum Gasteiger partial charge on any atom is -0.394 e. The zero-order valence-corrected chi connectivity index (χ0v) is 11.0. The molecule has 2 aromatic heterocycles. The molecule has 2 aromatic rings. The molecule has 0 amide bonds. The van der Waals surface area contributed by atoms with Crippen LogP contribution in [-0.2, 0) is 0 Å². The van der Waals surface area contributed by atoms with Crippen LogP contribution in [0.15, 0.2) is 33.9 Å². The highest BCUT2D eigenvalue weighted by molar-refractivity contribution is 5.34. The zero-order chi connectivity index (χ0) is 15.3. The number of rotatable bonds is 1. The number of aryl methyl sites for hydroxylation is 2. The van der Waals surface area contributed by atoms with Gasteiger partial charge in [0.1, 0.15) is 0 Å². The second-order valence-corrected chi connectivity index (χ2v) is 4.04. The van der Waals surface area contributed by atoms with Crippen LogP contribution < -0.4 is 16.9 Å². The van der Waals surface area contributed by atoms with E-state index in [1.165, 1.54) is 12.1 Å². The highest BCUT2D eigenvalue weighted by Gasteiger charge is 2.09. The lowest BCUT2D eigenvalue weighted by molar-refractivity contribution is -0.386. The molecule has 0 aromatic carbocycles. The van der Waals surface area contributed by atoms with Crippen molar-refractivity contribution >= 4 is 11.4 Å². The van der Waals surface area contributed by atoms with E-state index < -0.39 is 16.2 Å². The highest BCUT2D eigenvalue weighted by atomic mass is 16.6. The maximum absolute atomic E-state index is 10.8. The van der Waals surface area contributed by atoms with E-state index in [1.807, 2.05) is 0 Å². The summed E-state index contributed by atoms with van der Waals surface area (Å²) in [4.78, 5) is 35.7. The Bertz CT molecular complexity index is 733. The first kappa shape index (κ1) is 15.2. The average molecular weight is 278 g/mol. The fourth-order valence-electron chi connectivity index (χ4n) is 1.29. The van der Waals surface area contributed by atoms with Crippen LogP contribution in [0.1, 0.15) is 11.4 Å². The number of anilines is 1. The SMILES string of the molecule is Cc1ccc(N)c(=O)[nH]1.Cc1ccc([N+](=O)[O-])c(=O)[nH]1. The number of hydrogen-bond acceptors (Lipinski definition) is 5. The number of nitrogens with two attached hydrogens (primary N) is 1. The fourth-order valence-corrected chi connectivity index (χ4v) is 1.29. The molecule has 0 bridgehead atoms. The van der Waals surface area contributed by atoms with E-state index in [1.54, 1.807) is 26.0 Å². The van der Waals surface area contributed by atoms with Crippen LogP contribution in [-0.4, -0.2) is 14.9 Å². The Kier molecular flexibility index (Phi) is 4.79. The van der Waals surface area contributed by atoms with Crippen molar-refractivity contribution in [3.8, 4) is 0 Å². The van der Waals surface area contributed by atoms with Crippen molar-refractivity contribution in [1.29, 1.82) is 0 Å². The van der Waals surface area contributed by atoms with Gasteiger partial charge in [0.25, 0.3) is 5.56 Å². The lowest BCUT2D eigenvalue weighted by Crippen LogP contribution is -2.11. The smallest absolute Gasteiger partial charge is 0.333 e. The molecule has 0 atom stereocenters. The molecule has 0 radical (unpaired) electrons. The predicted molar refractivity (Wildman–Crippen MR) is 74.7 cm³/mol. The van der Waals surface area contributed by atoms with Gasteiger partial charge in [-0.25, -0.2) is 0 Å². The van der Waals surface area contributed by atoms with Gasteiger partial charge >= 0.3 is 11.2 Å². The van der Waals surface area contributed by atoms with Crippen molar-refractivity contribution in [2.75, 3.05) is 5.73 Å². The lowest BCUT2D eigenvalue weighted by Gasteiger charge is -1.91. The van der Waals surface area contributed by atoms with E-state index in [0.29, 0.717) is 5.69 Å². The molecule has 0 unspecified atom stereocenters. The molecular formula is C12H14N4O4. The molecule has 0 aliphatic carbocycles. The number of nitrogen functional groups attached to an aromatic ring is 1. The first-order valence-electron chi connectivity index (χ1n) is 5.61. The summed E-state index contributed by atoms with van der Waals surface area (Å²) in [6.45, 7) is 3.46. The summed E-state index contributed by atoms with van der Waals surface area (Å²) >= 11 is 0. The summed E-state index contributed by atoms with van der Waals surface area (Å²) < 4.78 is 0. The Morgan fingerprint density at radius 2 is 1.50 bits per heavy atom. The van der Waals surface area contributed by atoms with Crippen molar-refractivity contribution in [1.82, 2.24) is 9.97 Å². The lowest BCUT2D eigenvalue weighted by atomic mass is 10.3. The third kappa shape index (κ3) is 4.09. The fraction of sp³-hybridized carbons (Fsp3) is 0.167. The summed E-state index contributed by atoms with van der Waals surface area (Å²) in [5.74, 6) is 0. The largest absolute Gasteiger partial charge is 0.394 e. The maximum Gasteiger partial charge on any atom is 0.333 e. The van der Waals surface area contributed by atoms with Crippen LogP contribution in [0.3, 0.4) is 0 Å².